The quantitative estimate of drug-likeness (QED) is 0.348. The monoisotopic (exact) mass is 523 g/mol. The predicted molar refractivity (Wildman–Crippen MR) is 140 cm³/mol. The van der Waals surface area contributed by atoms with Gasteiger partial charge in [0, 0.05) is 36.3 Å². The Labute approximate surface area is 216 Å². The normalized spacial score (nSPS) is 13.1. The number of pyridine rings is 1. The van der Waals surface area contributed by atoms with E-state index in [4.69, 9.17) is 9.47 Å². The van der Waals surface area contributed by atoms with Crippen molar-refractivity contribution in [2.45, 2.75) is 38.9 Å². The van der Waals surface area contributed by atoms with E-state index in [0.29, 0.717) is 34.4 Å². The number of benzene rings is 1. The number of sulfonamides is 1. The van der Waals surface area contributed by atoms with Gasteiger partial charge in [0.1, 0.15) is 23.0 Å². The van der Waals surface area contributed by atoms with Gasteiger partial charge in [-0.3, -0.25) is 14.3 Å². The van der Waals surface area contributed by atoms with Crippen LogP contribution in [0.3, 0.4) is 0 Å². The van der Waals surface area contributed by atoms with E-state index in [1.807, 2.05) is 19.9 Å². The van der Waals surface area contributed by atoms with Crippen LogP contribution in [0.15, 0.2) is 49.1 Å². The topological polar surface area (TPSA) is 134 Å². The molecule has 4 rings (SSSR count). The molecular weight excluding hydrogens is 494 g/mol. The molecule has 0 aliphatic rings. The molecule has 0 spiro atoms. The van der Waals surface area contributed by atoms with Crippen LogP contribution in [0.4, 0.5) is 5.95 Å². The highest BCUT2D eigenvalue weighted by molar-refractivity contribution is 7.93. The summed E-state index contributed by atoms with van der Waals surface area (Å²) in [5, 5.41) is 7.65. The minimum Gasteiger partial charge on any atom is -0.494 e. The third-order valence-corrected chi connectivity index (χ3v) is 7.91. The largest absolute Gasteiger partial charge is 0.494 e. The van der Waals surface area contributed by atoms with Gasteiger partial charge in [-0.2, -0.15) is 0 Å². The zero-order chi connectivity index (χ0) is 26.7. The maximum Gasteiger partial charge on any atom is 0.243 e. The lowest BCUT2D eigenvalue weighted by atomic mass is 10.1. The molecule has 0 amide bonds. The lowest BCUT2D eigenvalue weighted by molar-refractivity contribution is 0.391. The number of methoxy groups -OCH3 is 2. The SMILES string of the molecule is COc1cccc(OC)c1-n1c(NS(=O)(=O)C(C)C(C)c2ncc(C)cn2)nnc1-c1cncc(C)c1. The van der Waals surface area contributed by atoms with Gasteiger partial charge in [-0.15, -0.1) is 10.2 Å². The van der Waals surface area contributed by atoms with Crippen LogP contribution in [0.1, 0.15) is 36.7 Å². The highest BCUT2D eigenvalue weighted by Crippen LogP contribution is 2.38. The molecule has 2 atom stereocenters. The van der Waals surface area contributed by atoms with Crippen molar-refractivity contribution in [3.8, 4) is 28.6 Å². The summed E-state index contributed by atoms with van der Waals surface area (Å²) in [6.45, 7) is 7.15. The van der Waals surface area contributed by atoms with E-state index in [0.717, 1.165) is 11.1 Å². The summed E-state index contributed by atoms with van der Waals surface area (Å²) in [6, 6.07) is 7.14. The lowest BCUT2D eigenvalue weighted by Gasteiger charge is -2.21. The van der Waals surface area contributed by atoms with Crippen LogP contribution in [0.2, 0.25) is 0 Å². The van der Waals surface area contributed by atoms with Crippen molar-refractivity contribution in [2.75, 3.05) is 18.9 Å². The van der Waals surface area contributed by atoms with Gasteiger partial charge in [0.25, 0.3) is 0 Å². The molecule has 0 bridgehead atoms. The zero-order valence-corrected chi connectivity index (χ0v) is 22.3. The molecule has 0 radical (unpaired) electrons. The van der Waals surface area contributed by atoms with E-state index < -0.39 is 21.2 Å². The van der Waals surface area contributed by atoms with E-state index in [-0.39, 0.29) is 5.95 Å². The fraction of sp³-hybridized carbons (Fsp3) is 0.320. The van der Waals surface area contributed by atoms with E-state index in [1.54, 1.807) is 61.4 Å². The Bertz CT molecular complexity index is 1480. The van der Waals surface area contributed by atoms with Gasteiger partial charge in [0.05, 0.1) is 19.5 Å². The maximum atomic E-state index is 13.6. The van der Waals surface area contributed by atoms with Gasteiger partial charge in [0.2, 0.25) is 16.0 Å². The molecule has 0 saturated carbocycles. The van der Waals surface area contributed by atoms with Crippen LogP contribution in [0.5, 0.6) is 11.5 Å². The molecule has 0 aliphatic carbocycles. The molecule has 11 nitrogen and oxygen atoms in total. The second kappa shape index (κ2) is 10.5. The molecular formula is C25H29N7O4S. The number of rotatable bonds is 9. The van der Waals surface area contributed by atoms with Crippen molar-refractivity contribution < 1.29 is 17.9 Å². The highest BCUT2D eigenvalue weighted by Gasteiger charge is 2.32. The number of aromatic nitrogens is 6. The molecule has 3 heterocycles. The van der Waals surface area contributed by atoms with Crippen molar-refractivity contribution in [3.05, 3.63) is 66.0 Å². The molecule has 3 aromatic heterocycles. The summed E-state index contributed by atoms with van der Waals surface area (Å²) in [7, 11) is -0.929. The number of hydrogen-bond acceptors (Lipinski definition) is 9. The van der Waals surface area contributed by atoms with Crippen LogP contribution in [0, 0.1) is 13.8 Å². The summed E-state index contributed by atoms with van der Waals surface area (Å²) < 4.78 is 42.5. The summed E-state index contributed by atoms with van der Waals surface area (Å²) in [6.07, 6.45) is 6.68. The van der Waals surface area contributed by atoms with Gasteiger partial charge >= 0.3 is 0 Å². The molecule has 0 fully saturated rings. The molecule has 0 saturated heterocycles. The smallest absolute Gasteiger partial charge is 0.243 e. The molecule has 2 unspecified atom stereocenters. The first kappa shape index (κ1) is 26.0. The second-order valence-corrected chi connectivity index (χ2v) is 10.7. The lowest BCUT2D eigenvalue weighted by Crippen LogP contribution is -2.31. The Morgan fingerprint density at radius 2 is 1.57 bits per heavy atom. The van der Waals surface area contributed by atoms with Crippen molar-refractivity contribution in [1.29, 1.82) is 0 Å². The van der Waals surface area contributed by atoms with E-state index in [9.17, 15) is 8.42 Å². The van der Waals surface area contributed by atoms with Crippen molar-refractivity contribution >= 4 is 16.0 Å². The average molecular weight is 524 g/mol. The van der Waals surface area contributed by atoms with E-state index >= 15 is 0 Å². The van der Waals surface area contributed by atoms with Crippen molar-refractivity contribution in [3.63, 3.8) is 0 Å². The van der Waals surface area contributed by atoms with Gasteiger partial charge in [-0.25, -0.2) is 18.4 Å². The third-order valence-electron chi connectivity index (χ3n) is 6.06. The third kappa shape index (κ3) is 5.24. The zero-order valence-electron chi connectivity index (χ0n) is 21.5. The van der Waals surface area contributed by atoms with Crippen molar-refractivity contribution in [1.82, 2.24) is 29.7 Å². The van der Waals surface area contributed by atoms with Gasteiger partial charge in [-0.05, 0) is 50.1 Å². The summed E-state index contributed by atoms with van der Waals surface area (Å²) in [4.78, 5) is 12.9. The van der Waals surface area contributed by atoms with Crippen LogP contribution in [-0.2, 0) is 10.0 Å². The second-order valence-electron chi connectivity index (χ2n) is 8.70. The number of aryl methyl sites for hydroxylation is 2. The molecule has 1 aromatic carbocycles. The molecule has 12 heteroatoms. The summed E-state index contributed by atoms with van der Waals surface area (Å²) >= 11 is 0. The number of nitrogens with zero attached hydrogens (tertiary/aromatic N) is 6. The van der Waals surface area contributed by atoms with Gasteiger partial charge in [0.15, 0.2) is 5.82 Å². The highest BCUT2D eigenvalue weighted by atomic mass is 32.2. The number of anilines is 1. The predicted octanol–water partition coefficient (Wildman–Crippen LogP) is 3.69. The Kier molecular flexibility index (Phi) is 7.39. The molecule has 194 valence electrons. The van der Waals surface area contributed by atoms with E-state index in [2.05, 4.69) is 29.9 Å². The first-order valence-corrected chi connectivity index (χ1v) is 13.1. The van der Waals surface area contributed by atoms with Crippen LogP contribution in [0.25, 0.3) is 17.1 Å². The average Bonchev–Trinajstić information content (AvgIpc) is 3.29. The number of nitrogens with one attached hydrogen (secondary N) is 1. The Hall–Kier alpha value is -4.06. The van der Waals surface area contributed by atoms with Crippen molar-refractivity contribution in [2.24, 2.45) is 0 Å². The van der Waals surface area contributed by atoms with E-state index in [1.165, 1.54) is 14.2 Å². The first-order valence-electron chi connectivity index (χ1n) is 11.5. The molecule has 37 heavy (non-hydrogen) atoms. The Morgan fingerprint density at radius 3 is 2.16 bits per heavy atom. The van der Waals surface area contributed by atoms with Gasteiger partial charge in [-0.1, -0.05) is 13.0 Å². The fourth-order valence-corrected chi connectivity index (χ4v) is 5.05. The molecule has 0 aliphatic heterocycles. The van der Waals surface area contributed by atoms with Gasteiger partial charge < -0.3 is 9.47 Å². The van der Waals surface area contributed by atoms with Crippen LogP contribution >= 0.6 is 0 Å². The van der Waals surface area contributed by atoms with Crippen LogP contribution in [-0.4, -0.2) is 57.6 Å². The fourth-order valence-electron chi connectivity index (χ4n) is 3.81. The Balaban J connectivity index is 1.83. The number of para-hydroxylation sites is 1. The summed E-state index contributed by atoms with van der Waals surface area (Å²) in [5.41, 5.74) is 2.87. The first-order chi connectivity index (χ1) is 17.7. The molecule has 4 aromatic rings. The standard InChI is InChI=1S/C25H29N7O4S/c1-15-10-19(14-26-11-15)24-29-30-25(32(24)22-20(35-5)8-7-9-21(22)36-6)31-37(33,34)18(4)17(3)23-27-12-16(2)13-28-23/h7-14,17-18H,1-6H3,(H,30,31). The minimum absolute atomic E-state index is 0.0248. The maximum absolute atomic E-state index is 13.6. The molecule has 1 N–H and O–H groups in total. The number of ether oxygens (including phenoxy) is 2. The Morgan fingerprint density at radius 1 is 0.919 bits per heavy atom. The number of hydrogen-bond donors (Lipinski definition) is 1. The summed E-state index contributed by atoms with van der Waals surface area (Å²) in [5.74, 6) is 1.16. The van der Waals surface area contributed by atoms with Crippen LogP contribution < -0.4 is 14.2 Å². The minimum atomic E-state index is -3.97.